The minimum Gasteiger partial charge on any atom is -0.491 e. The lowest BCUT2D eigenvalue weighted by atomic mass is 10.0. The average molecular weight is 438 g/mol. The van der Waals surface area contributed by atoms with Gasteiger partial charge in [0.05, 0.1) is 17.6 Å². The van der Waals surface area contributed by atoms with Crippen LogP contribution in [-0.4, -0.2) is 43.5 Å². The molecule has 3 aromatic heterocycles. The van der Waals surface area contributed by atoms with Crippen molar-refractivity contribution in [3.05, 3.63) is 77.9 Å². The van der Waals surface area contributed by atoms with E-state index in [0.717, 1.165) is 50.3 Å². The molecule has 5 aromatic rings. The fraction of sp³-hybridized carbons (Fsp3) is 0.192. The van der Waals surface area contributed by atoms with Gasteiger partial charge in [-0.1, -0.05) is 12.1 Å². The molecule has 0 fully saturated rings. The van der Waals surface area contributed by atoms with Gasteiger partial charge in [-0.3, -0.25) is 4.79 Å². The van der Waals surface area contributed by atoms with Crippen molar-refractivity contribution >= 4 is 28.0 Å². The molecule has 0 unspecified atom stereocenters. The van der Waals surface area contributed by atoms with Crippen LogP contribution in [0.4, 0.5) is 0 Å². The summed E-state index contributed by atoms with van der Waals surface area (Å²) in [6.07, 6.45) is 1.75. The van der Waals surface area contributed by atoms with Crippen LogP contribution in [0, 0.1) is 6.92 Å². The molecule has 1 aliphatic rings. The number of H-pyrrole nitrogens is 1. The van der Waals surface area contributed by atoms with Gasteiger partial charge in [-0.15, -0.1) is 0 Å². The van der Waals surface area contributed by atoms with E-state index >= 15 is 0 Å². The Hall–Kier alpha value is -4.13. The van der Waals surface area contributed by atoms with Crippen molar-refractivity contribution in [1.82, 2.24) is 24.4 Å². The molecular formula is C26H23N5O2. The number of nitrogens with zero attached hydrogens (tertiary/aromatic N) is 4. The monoisotopic (exact) mass is 437 g/mol. The number of aryl methyl sites for hydroxylation is 2. The summed E-state index contributed by atoms with van der Waals surface area (Å²) in [6, 6.07) is 18.2. The molecule has 164 valence electrons. The first-order valence-corrected chi connectivity index (χ1v) is 11.0. The zero-order chi connectivity index (χ0) is 22.5. The number of ether oxygens (including phenoxy) is 1. The molecule has 7 heteroatoms. The quantitative estimate of drug-likeness (QED) is 0.442. The van der Waals surface area contributed by atoms with Crippen molar-refractivity contribution in [2.75, 3.05) is 13.2 Å². The fourth-order valence-corrected chi connectivity index (χ4v) is 4.59. The fourth-order valence-electron chi connectivity index (χ4n) is 4.59. The van der Waals surface area contributed by atoms with Crippen LogP contribution in [-0.2, 0) is 13.6 Å². The van der Waals surface area contributed by atoms with Gasteiger partial charge in [0.1, 0.15) is 29.5 Å². The number of nitrogens with one attached hydrogen (secondary N) is 1. The van der Waals surface area contributed by atoms with Crippen molar-refractivity contribution in [3.63, 3.8) is 0 Å². The average Bonchev–Trinajstić information content (AvgIpc) is 3.28. The molecule has 4 heterocycles. The van der Waals surface area contributed by atoms with Crippen LogP contribution in [0.25, 0.3) is 33.2 Å². The molecule has 33 heavy (non-hydrogen) atoms. The Morgan fingerprint density at radius 2 is 1.94 bits per heavy atom. The van der Waals surface area contributed by atoms with E-state index in [1.807, 2.05) is 53.8 Å². The molecule has 1 aliphatic heterocycles. The second-order valence-corrected chi connectivity index (χ2v) is 8.46. The molecule has 0 spiro atoms. The van der Waals surface area contributed by atoms with E-state index in [2.05, 4.69) is 39.2 Å². The number of hydrogen-bond donors (Lipinski definition) is 1. The number of aromatic amines is 1. The highest BCUT2D eigenvalue weighted by Gasteiger charge is 2.24. The summed E-state index contributed by atoms with van der Waals surface area (Å²) >= 11 is 0. The number of aromatic nitrogens is 4. The zero-order valence-electron chi connectivity index (χ0n) is 18.5. The number of fused-ring (bicyclic) bond motifs is 3. The molecule has 1 amide bonds. The van der Waals surface area contributed by atoms with E-state index in [4.69, 9.17) is 4.74 Å². The molecule has 1 N–H and O–H groups in total. The number of hydrogen-bond acceptors (Lipinski definition) is 4. The first-order valence-electron chi connectivity index (χ1n) is 11.0. The molecule has 0 aliphatic carbocycles. The third-order valence-corrected chi connectivity index (χ3v) is 6.27. The summed E-state index contributed by atoms with van der Waals surface area (Å²) in [5, 5.41) is 0.960. The maximum absolute atomic E-state index is 13.5. The van der Waals surface area contributed by atoms with Crippen LogP contribution < -0.4 is 4.74 Å². The molecular weight excluding hydrogens is 414 g/mol. The SMILES string of the molecule is Cc1nc2ccc(-c3ccc4c(c3)CN(C(=O)c3cc5cccnc5n3C)CCO4)cc2[nH]1. The highest BCUT2D eigenvalue weighted by Crippen LogP contribution is 2.31. The molecule has 0 bridgehead atoms. The first-order chi connectivity index (χ1) is 16.1. The predicted octanol–water partition coefficient (Wildman–Crippen LogP) is 4.46. The Labute approximate surface area is 190 Å². The lowest BCUT2D eigenvalue weighted by molar-refractivity contribution is 0.0724. The normalized spacial score (nSPS) is 13.7. The Balaban J connectivity index is 1.34. The van der Waals surface area contributed by atoms with E-state index in [0.29, 0.717) is 25.4 Å². The molecule has 0 radical (unpaired) electrons. The predicted molar refractivity (Wildman–Crippen MR) is 127 cm³/mol. The van der Waals surface area contributed by atoms with Gasteiger partial charge >= 0.3 is 0 Å². The van der Waals surface area contributed by atoms with E-state index in [9.17, 15) is 4.79 Å². The number of carbonyl (C=O) groups excluding carboxylic acids is 1. The number of rotatable bonds is 2. The van der Waals surface area contributed by atoms with Gasteiger partial charge in [-0.25, -0.2) is 9.97 Å². The van der Waals surface area contributed by atoms with Gasteiger partial charge in [-0.2, -0.15) is 0 Å². The third-order valence-electron chi connectivity index (χ3n) is 6.27. The molecule has 2 aromatic carbocycles. The van der Waals surface area contributed by atoms with E-state index < -0.39 is 0 Å². The lowest BCUT2D eigenvalue weighted by Gasteiger charge is -2.20. The van der Waals surface area contributed by atoms with Crippen molar-refractivity contribution < 1.29 is 9.53 Å². The maximum atomic E-state index is 13.5. The number of pyridine rings is 1. The summed E-state index contributed by atoms with van der Waals surface area (Å²) in [5.41, 5.74) is 6.57. The highest BCUT2D eigenvalue weighted by molar-refractivity contribution is 5.98. The van der Waals surface area contributed by atoms with Gasteiger partial charge in [0, 0.05) is 30.7 Å². The van der Waals surface area contributed by atoms with Crippen LogP contribution in [0.1, 0.15) is 21.9 Å². The first kappa shape index (κ1) is 19.5. The van der Waals surface area contributed by atoms with Crippen LogP contribution in [0.2, 0.25) is 0 Å². The van der Waals surface area contributed by atoms with E-state index in [1.54, 1.807) is 6.20 Å². The Morgan fingerprint density at radius 1 is 1.09 bits per heavy atom. The zero-order valence-corrected chi connectivity index (χ0v) is 18.5. The third kappa shape index (κ3) is 3.33. The number of carbonyl (C=O) groups is 1. The van der Waals surface area contributed by atoms with Crippen molar-refractivity contribution in [3.8, 4) is 16.9 Å². The molecule has 0 saturated carbocycles. The van der Waals surface area contributed by atoms with Crippen LogP contribution >= 0.6 is 0 Å². The number of benzene rings is 2. The summed E-state index contributed by atoms with van der Waals surface area (Å²) in [4.78, 5) is 27.5. The van der Waals surface area contributed by atoms with Gasteiger partial charge in [0.15, 0.2) is 0 Å². The Kier molecular flexibility index (Phi) is 4.43. The smallest absolute Gasteiger partial charge is 0.270 e. The largest absolute Gasteiger partial charge is 0.491 e. The van der Waals surface area contributed by atoms with Crippen LogP contribution in [0.3, 0.4) is 0 Å². The highest BCUT2D eigenvalue weighted by atomic mass is 16.5. The second-order valence-electron chi connectivity index (χ2n) is 8.46. The topological polar surface area (TPSA) is 76.0 Å². The van der Waals surface area contributed by atoms with Gasteiger partial charge < -0.3 is 19.2 Å². The minimum absolute atomic E-state index is 0.0216. The van der Waals surface area contributed by atoms with Crippen molar-refractivity contribution in [2.24, 2.45) is 7.05 Å². The number of amides is 1. The molecule has 7 nitrogen and oxygen atoms in total. The van der Waals surface area contributed by atoms with Gasteiger partial charge in [-0.05, 0) is 60.5 Å². The summed E-state index contributed by atoms with van der Waals surface area (Å²) in [7, 11) is 1.89. The summed E-state index contributed by atoms with van der Waals surface area (Å²) in [6.45, 7) is 3.43. The standard InChI is InChI=1S/C26H23N5O2/c1-16-28-21-7-5-18(13-22(21)29-16)17-6-8-24-20(12-17)15-31(10-11-33-24)26(32)23-14-19-4-3-9-27-25(19)30(23)2/h3-9,12-14H,10-11,15H2,1-2H3,(H,28,29). The van der Waals surface area contributed by atoms with E-state index in [-0.39, 0.29) is 5.91 Å². The molecule has 0 saturated heterocycles. The van der Waals surface area contributed by atoms with Crippen LogP contribution in [0.5, 0.6) is 5.75 Å². The van der Waals surface area contributed by atoms with E-state index in [1.165, 1.54) is 0 Å². The minimum atomic E-state index is -0.0216. The lowest BCUT2D eigenvalue weighted by Crippen LogP contribution is -2.33. The Bertz CT molecular complexity index is 1530. The van der Waals surface area contributed by atoms with Crippen molar-refractivity contribution in [1.29, 1.82) is 0 Å². The second kappa shape index (κ2) is 7.48. The molecule has 6 rings (SSSR count). The van der Waals surface area contributed by atoms with Gasteiger partial charge in [0.2, 0.25) is 0 Å². The Morgan fingerprint density at radius 3 is 2.82 bits per heavy atom. The maximum Gasteiger partial charge on any atom is 0.270 e. The summed E-state index contributed by atoms with van der Waals surface area (Å²) in [5.74, 6) is 1.70. The number of imidazole rings is 1. The van der Waals surface area contributed by atoms with Crippen molar-refractivity contribution in [2.45, 2.75) is 13.5 Å². The van der Waals surface area contributed by atoms with Gasteiger partial charge in [0.25, 0.3) is 5.91 Å². The molecule has 0 atom stereocenters. The van der Waals surface area contributed by atoms with Crippen LogP contribution in [0.15, 0.2) is 60.8 Å². The summed E-state index contributed by atoms with van der Waals surface area (Å²) < 4.78 is 7.85.